The highest BCUT2D eigenvalue weighted by Gasteiger charge is 2.31. The largest absolute Gasteiger partial charge is 0.497 e. The molecule has 10 heteroatoms. The summed E-state index contributed by atoms with van der Waals surface area (Å²) in [5.74, 6) is 0.414. The van der Waals surface area contributed by atoms with Crippen LogP contribution in [0, 0.1) is 0 Å². The summed E-state index contributed by atoms with van der Waals surface area (Å²) in [5.41, 5.74) is 7.63. The summed E-state index contributed by atoms with van der Waals surface area (Å²) in [5, 5.41) is 4.80. The van der Waals surface area contributed by atoms with Gasteiger partial charge in [-0.3, -0.25) is 14.3 Å². The summed E-state index contributed by atoms with van der Waals surface area (Å²) in [6, 6.07) is 11.6. The summed E-state index contributed by atoms with van der Waals surface area (Å²) < 4.78 is 37.1. The molecule has 0 atom stereocenters. The first-order valence-electron chi connectivity index (χ1n) is 15.3. The molecule has 2 aliphatic rings. The Morgan fingerprint density at radius 3 is 2.57 bits per heavy atom. The van der Waals surface area contributed by atoms with Gasteiger partial charge in [0, 0.05) is 28.6 Å². The number of aryl methyl sites for hydroxylation is 1. The van der Waals surface area contributed by atoms with Gasteiger partial charge < -0.3 is 9.30 Å². The van der Waals surface area contributed by atoms with Gasteiger partial charge in [0.05, 0.1) is 42.1 Å². The number of fused-ring (bicyclic) bond motifs is 5. The van der Waals surface area contributed by atoms with E-state index in [-0.39, 0.29) is 5.56 Å². The number of carbonyl (C=O) groups is 2. The molecule has 2 aromatic carbocycles. The minimum absolute atomic E-state index is 0.272. The van der Waals surface area contributed by atoms with E-state index >= 15 is 0 Å². The summed E-state index contributed by atoms with van der Waals surface area (Å²) in [6.07, 6.45) is 10.2. The third-order valence-electron chi connectivity index (χ3n) is 9.01. The van der Waals surface area contributed by atoms with Crippen LogP contribution >= 0.6 is 0 Å². The molecule has 1 fully saturated rings. The highest BCUT2D eigenvalue weighted by atomic mass is 32.2. The molecular weight excluding hydrogens is 576 g/mol. The Bertz CT molecular complexity index is 1910. The Morgan fingerprint density at radius 1 is 1.11 bits per heavy atom. The molecule has 0 unspecified atom stereocenters. The fraction of sp³-hybridized carbons (Fsp3) is 0.382. The number of carbonyl (C=O) groups excluding carboxylic acids is 2. The second-order valence-corrected chi connectivity index (χ2v) is 14.2. The Morgan fingerprint density at radius 2 is 1.89 bits per heavy atom. The van der Waals surface area contributed by atoms with Crippen LogP contribution < -0.4 is 9.46 Å². The summed E-state index contributed by atoms with van der Waals surface area (Å²) in [6.45, 7) is 6.09. The lowest BCUT2D eigenvalue weighted by atomic mass is 9.81. The lowest BCUT2D eigenvalue weighted by Crippen LogP contribution is -2.35. The van der Waals surface area contributed by atoms with Crippen molar-refractivity contribution in [3.05, 3.63) is 70.5 Å². The van der Waals surface area contributed by atoms with Gasteiger partial charge >= 0.3 is 0 Å². The number of aldehydes is 1. The van der Waals surface area contributed by atoms with Crippen LogP contribution in [0.5, 0.6) is 5.75 Å². The van der Waals surface area contributed by atoms with E-state index in [1.54, 1.807) is 25.4 Å². The monoisotopic (exact) mass is 614 g/mol. The number of amides is 1. The van der Waals surface area contributed by atoms with Crippen molar-refractivity contribution in [1.82, 2.24) is 19.1 Å². The second kappa shape index (κ2) is 11.7. The molecule has 0 bridgehead atoms. The molecule has 3 heterocycles. The van der Waals surface area contributed by atoms with Gasteiger partial charge in [0.25, 0.3) is 5.91 Å². The number of aromatic nitrogens is 3. The fourth-order valence-corrected chi connectivity index (χ4v) is 7.32. The molecule has 1 aliphatic heterocycles. The number of hydrogen-bond acceptors (Lipinski definition) is 6. The molecule has 0 spiro atoms. The maximum absolute atomic E-state index is 13.3. The maximum Gasteiger partial charge on any atom is 0.264 e. The quantitative estimate of drug-likeness (QED) is 0.229. The van der Waals surface area contributed by atoms with Crippen molar-refractivity contribution in [2.24, 2.45) is 0 Å². The number of benzene rings is 2. The number of sulfonamides is 1. The zero-order chi connectivity index (χ0) is 31.2. The van der Waals surface area contributed by atoms with E-state index < -0.39 is 21.2 Å². The van der Waals surface area contributed by atoms with E-state index in [1.165, 1.54) is 25.8 Å². The molecule has 0 saturated heterocycles. The van der Waals surface area contributed by atoms with Gasteiger partial charge in [-0.05, 0) is 92.6 Å². The highest BCUT2D eigenvalue weighted by Crippen LogP contribution is 2.48. The predicted octanol–water partition coefficient (Wildman–Crippen LogP) is 6.42. The molecule has 230 valence electrons. The van der Waals surface area contributed by atoms with Gasteiger partial charge in [0.1, 0.15) is 5.75 Å². The first-order chi connectivity index (χ1) is 21.2. The smallest absolute Gasteiger partial charge is 0.264 e. The highest BCUT2D eigenvalue weighted by molar-refractivity contribution is 7.90. The van der Waals surface area contributed by atoms with Crippen LogP contribution in [0.1, 0.15) is 96.3 Å². The van der Waals surface area contributed by atoms with Crippen LogP contribution in [-0.4, -0.2) is 47.3 Å². The van der Waals surface area contributed by atoms with Crippen LogP contribution in [0.25, 0.3) is 33.8 Å². The first kappa shape index (κ1) is 29.9. The molecule has 1 N–H and O–H groups in total. The minimum Gasteiger partial charge on any atom is -0.497 e. The Labute approximate surface area is 258 Å². The van der Waals surface area contributed by atoms with Gasteiger partial charge in [-0.15, -0.1) is 0 Å². The molecule has 4 aromatic rings. The van der Waals surface area contributed by atoms with Crippen molar-refractivity contribution >= 4 is 44.8 Å². The average Bonchev–Trinajstić information content (AvgIpc) is 3.54. The van der Waals surface area contributed by atoms with Crippen molar-refractivity contribution in [3.63, 3.8) is 0 Å². The number of allylic oxidation sites excluding steroid dienone is 1. The Balaban J connectivity index is 1.64. The average molecular weight is 615 g/mol. The predicted molar refractivity (Wildman–Crippen MR) is 172 cm³/mol. The van der Waals surface area contributed by atoms with E-state index in [1.807, 2.05) is 29.8 Å². The summed E-state index contributed by atoms with van der Waals surface area (Å²) >= 11 is 0. The van der Waals surface area contributed by atoms with Crippen molar-refractivity contribution in [1.29, 1.82) is 0 Å². The minimum atomic E-state index is -3.80. The van der Waals surface area contributed by atoms with Crippen LogP contribution in [0.4, 0.5) is 0 Å². The zero-order valence-electron chi connectivity index (χ0n) is 25.6. The van der Waals surface area contributed by atoms with E-state index in [4.69, 9.17) is 4.74 Å². The van der Waals surface area contributed by atoms with Crippen molar-refractivity contribution in [2.75, 3.05) is 7.11 Å². The maximum atomic E-state index is 13.3. The van der Waals surface area contributed by atoms with Crippen LogP contribution in [-0.2, 0) is 23.1 Å². The standard InChI is InChI=1S/C34H38N4O5S/c1-5-38-32(26(20-39)18-35-38)25-15-24-16-27(43-4)12-14-28(24)33-31(22-9-7-6-8-10-22)29-13-11-23(17-30(29)37(33)19-25)34(40)36-44(41,42)21(2)3/h11-18,20-22H,5-10,19H2,1-4H3,(H,36,40). The molecule has 1 amide bonds. The molecule has 0 radical (unpaired) electrons. The van der Waals surface area contributed by atoms with Crippen molar-refractivity contribution < 1.29 is 22.7 Å². The third kappa shape index (κ3) is 5.15. The molecule has 6 rings (SSSR count). The lowest BCUT2D eigenvalue weighted by molar-refractivity contribution is 0.0980. The molecule has 44 heavy (non-hydrogen) atoms. The van der Waals surface area contributed by atoms with Crippen molar-refractivity contribution in [2.45, 2.75) is 77.1 Å². The number of ether oxygens (including phenoxy) is 1. The normalized spacial score (nSPS) is 15.4. The van der Waals surface area contributed by atoms with Gasteiger partial charge in [-0.25, -0.2) is 13.1 Å². The van der Waals surface area contributed by atoms with Crippen LogP contribution in [0.3, 0.4) is 0 Å². The topological polar surface area (TPSA) is 112 Å². The fourth-order valence-electron chi connectivity index (χ4n) is 6.71. The zero-order valence-corrected chi connectivity index (χ0v) is 26.4. The second-order valence-electron chi connectivity index (χ2n) is 11.9. The summed E-state index contributed by atoms with van der Waals surface area (Å²) in [4.78, 5) is 25.4. The van der Waals surface area contributed by atoms with Gasteiger partial charge in [-0.2, -0.15) is 5.10 Å². The van der Waals surface area contributed by atoms with Gasteiger partial charge in [0.15, 0.2) is 6.29 Å². The third-order valence-corrected chi connectivity index (χ3v) is 10.7. The molecule has 1 saturated carbocycles. The lowest BCUT2D eigenvalue weighted by Gasteiger charge is -2.24. The van der Waals surface area contributed by atoms with Gasteiger partial charge in [0.2, 0.25) is 10.0 Å². The number of rotatable bonds is 8. The van der Waals surface area contributed by atoms with Gasteiger partial charge in [-0.1, -0.05) is 25.3 Å². The number of methoxy groups -OCH3 is 1. The number of nitrogens with zero attached hydrogens (tertiary/aromatic N) is 3. The molecule has 2 aromatic heterocycles. The van der Waals surface area contributed by atoms with Crippen LogP contribution in [0.2, 0.25) is 0 Å². The first-order valence-corrected chi connectivity index (χ1v) is 16.8. The Kier molecular flexibility index (Phi) is 7.96. The molecule has 1 aliphatic carbocycles. The Hall–Kier alpha value is -4.18. The van der Waals surface area contributed by atoms with Crippen LogP contribution in [0.15, 0.2) is 42.6 Å². The molecular formula is C34H38N4O5S. The number of nitrogens with one attached hydrogen (secondary N) is 1. The van der Waals surface area contributed by atoms with Crippen molar-refractivity contribution in [3.8, 4) is 17.0 Å². The summed E-state index contributed by atoms with van der Waals surface area (Å²) in [7, 11) is -2.16. The van der Waals surface area contributed by atoms with E-state index in [9.17, 15) is 18.0 Å². The molecule has 9 nitrogen and oxygen atoms in total. The number of hydrogen-bond donors (Lipinski definition) is 1. The van der Waals surface area contributed by atoms with E-state index in [0.29, 0.717) is 24.6 Å². The van der Waals surface area contributed by atoms with E-state index in [2.05, 4.69) is 26.5 Å². The SMILES string of the molecule is CCn1ncc(C=O)c1C1=Cc2cc(OC)ccc2-c2c(C3CCCCC3)c3ccc(C(=O)NS(=O)(=O)C(C)C)cc3n2C1. The van der Waals surface area contributed by atoms with E-state index in [0.717, 1.165) is 76.7 Å².